The predicted octanol–water partition coefficient (Wildman–Crippen LogP) is 0.216. The average Bonchev–Trinajstić information content (AvgIpc) is 2.05. The van der Waals surface area contributed by atoms with Gasteiger partial charge in [0.1, 0.15) is 0 Å². The van der Waals surface area contributed by atoms with Gasteiger partial charge in [-0.2, -0.15) is 0 Å². The number of piperazine rings is 1. The van der Waals surface area contributed by atoms with Crippen LogP contribution in [0.1, 0.15) is 13.8 Å². The van der Waals surface area contributed by atoms with Gasteiger partial charge in [0.05, 0.1) is 6.04 Å². The SMILES string of the molecule is CC(C)SC(=O)[C@@H]1CNCCN1. The molecule has 0 aromatic carbocycles. The third-order valence-electron chi connectivity index (χ3n) is 1.68. The first-order chi connectivity index (χ1) is 5.70. The Balaban J connectivity index is 2.30. The van der Waals surface area contributed by atoms with Gasteiger partial charge >= 0.3 is 0 Å². The highest BCUT2D eigenvalue weighted by Gasteiger charge is 2.20. The van der Waals surface area contributed by atoms with Crippen molar-refractivity contribution in [3.8, 4) is 0 Å². The highest BCUT2D eigenvalue weighted by atomic mass is 32.2. The van der Waals surface area contributed by atoms with E-state index in [1.165, 1.54) is 11.8 Å². The molecule has 1 heterocycles. The summed E-state index contributed by atoms with van der Waals surface area (Å²) in [5, 5.41) is 7.03. The summed E-state index contributed by atoms with van der Waals surface area (Å²) in [6.45, 7) is 6.72. The van der Waals surface area contributed by atoms with Gasteiger partial charge in [0.25, 0.3) is 0 Å². The molecule has 1 saturated heterocycles. The fourth-order valence-corrected chi connectivity index (χ4v) is 1.93. The predicted molar refractivity (Wildman–Crippen MR) is 52.4 cm³/mol. The third-order valence-corrected chi connectivity index (χ3v) is 2.67. The quantitative estimate of drug-likeness (QED) is 0.650. The van der Waals surface area contributed by atoms with Gasteiger partial charge < -0.3 is 10.6 Å². The number of nitrogens with one attached hydrogen (secondary N) is 2. The monoisotopic (exact) mass is 188 g/mol. The fraction of sp³-hybridized carbons (Fsp3) is 0.875. The molecule has 0 amide bonds. The van der Waals surface area contributed by atoms with Gasteiger partial charge in [-0.1, -0.05) is 25.6 Å². The van der Waals surface area contributed by atoms with E-state index >= 15 is 0 Å². The van der Waals surface area contributed by atoms with Crippen LogP contribution in [0.2, 0.25) is 0 Å². The molecule has 0 bridgehead atoms. The van der Waals surface area contributed by atoms with Gasteiger partial charge in [-0.3, -0.25) is 4.79 Å². The van der Waals surface area contributed by atoms with Crippen molar-refractivity contribution in [1.29, 1.82) is 0 Å². The minimum atomic E-state index is 0.0196. The van der Waals surface area contributed by atoms with Crippen molar-refractivity contribution < 1.29 is 4.79 Å². The number of hydrogen-bond acceptors (Lipinski definition) is 4. The van der Waals surface area contributed by atoms with Gasteiger partial charge in [0, 0.05) is 24.9 Å². The first kappa shape index (κ1) is 10.0. The van der Waals surface area contributed by atoms with E-state index in [9.17, 15) is 4.79 Å². The summed E-state index contributed by atoms with van der Waals surface area (Å²) in [4.78, 5) is 11.5. The Morgan fingerprint density at radius 1 is 1.50 bits per heavy atom. The molecule has 70 valence electrons. The lowest BCUT2D eigenvalue weighted by Crippen LogP contribution is -2.51. The van der Waals surface area contributed by atoms with E-state index in [-0.39, 0.29) is 11.2 Å². The normalized spacial score (nSPS) is 24.4. The van der Waals surface area contributed by atoms with Crippen molar-refractivity contribution in [3.05, 3.63) is 0 Å². The molecule has 1 rings (SSSR count). The molecule has 0 radical (unpaired) electrons. The van der Waals surface area contributed by atoms with Crippen LogP contribution < -0.4 is 10.6 Å². The molecule has 12 heavy (non-hydrogen) atoms. The van der Waals surface area contributed by atoms with E-state index in [0.29, 0.717) is 5.25 Å². The standard InChI is InChI=1S/C8H16N2OS/c1-6(2)12-8(11)7-5-9-3-4-10-7/h6-7,9-10H,3-5H2,1-2H3/t7-/m0/s1. The fourth-order valence-electron chi connectivity index (χ4n) is 1.13. The van der Waals surface area contributed by atoms with Crippen molar-refractivity contribution in [3.63, 3.8) is 0 Å². The summed E-state index contributed by atoms with van der Waals surface area (Å²) >= 11 is 1.42. The Hall–Kier alpha value is -0.0600. The van der Waals surface area contributed by atoms with Crippen LogP contribution in [0.4, 0.5) is 0 Å². The zero-order valence-electron chi connectivity index (χ0n) is 7.59. The van der Waals surface area contributed by atoms with Crippen molar-refractivity contribution in [2.75, 3.05) is 19.6 Å². The van der Waals surface area contributed by atoms with E-state index in [1.807, 2.05) is 13.8 Å². The second kappa shape index (κ2) is 4.84. The molecule has 0 aliphatic carbocycles. The maximum Gasteiger partial charge on any atom is 0.207 e. The van der Waals surface area contributed by atoms with Crippen LogP contribution in [0.5, 0.6) is 0 Å². The van der Waals surface area contributed by atoms with Gasteiger partial charge in [-0.15, -0.1) is 0 Å². The van der Waals surface area contributed by atoms with E-state index in [4.69, 9.17) is 0 Å². The van der Waals surface area contributed by atoms with Crippen LogP contribution in [0.15, 0.2) is 0 Å². The zero-order valence-corrected chi connectivity index (χ0v) is 8.41. The number of thioether (sulfide) groups is 1. The Labute approximate surface area is 77.7 Å². The Morgan fingerprint density at radius 3 is 2.75 bits per heavy atom. The molecule has 3 nitrogen and oxygen atoms in total. The topological polar surface area (TPSA) is 41.1 Å². The Bertz CT molecular complexity index is 155. The summed E-state index contributed by atoms with van der Waals surface area (Å²) in [6.07, 6.45) is 0. The summed E-state index contributed by atoms with van der Waals surface area (Å²) in [5.41, 5.74) is 0. The summed E-state index contributed by atoms with van der Waals surface area (Å²) in [7, 11) is 0. The lowest BCUT2D eigenvalue weighted by Gasteiger charge is -2.23. The van der Waals surface area contributed by atoms with Gasteiger partial charge in [0.2, 0.25) is 5.12 Å². The molecule has 1 atom stereocenters. The molecule has 2 N–H and O–H groups in total. The largest absolute Gasteiger partial charge is 0.313 e. The van der Waals surface area contributed by atoms with E-state index in [1.54, 1.807) is 0 Å². The maximum atomic E-state index is 11.5. The number of hydrogen-bond donors (Lipinski definition) is 2. The average molecular weight is 188 g/mol. The molecule has 1 aliphatic rings. The van der Waals surface area contributed by atoms with Crippen molar-refractivity contribution in [1.82, 2.24) is 10.6 Å². The van der Waals surface area contributed by atoms with Crippen molar-refractivity contribution in [2.24, 2.45) is 0 Å². The third kappa shape index (κ3) is 3.13. The van der Waals surface area contributed by atoms with E-state index in [2.05, 4.69) is 10.6 Å². The lowest BCUT2D eigenvalue weighted by atomic mass is 10.3. The minimum absolute atomic E-state index is 0.0196. The molecule has 0 saturated carbocycles. The molecule has 0 unspecified atom stereocenters. The summed E-state index contributed by atoms with van der Waals surface area (Å²) < 4.78 is 0. The smallest absolute Gasteiger partial charge is 0.207 e. The molecule has 0 spiro atoms. The molecule has 0 aromatic rings. The summed E-state index contributed by atoms with van der Waals surface area (Å²) in [6, 6.07) is 0.0196. The van der Waals surface area contributed by atoms with Gasteiger partial charge in [0.15, 0.2) is 0 Å². The molecular formula is C8H16N2OS. The van der Waals surface area contributed by atoms with Crippen LogP contribution in [0.25, 0.3) is 0 Å². The molecule has 4 heteroatoms. The van der Waals surface area contributed by atoms with Crippen LogP contribution >= 0.6 is 11.8 Å². The summed E-state index contributed by atoms with van der Waals surface area (Å²) in [5.74, 6) is 0. The van der Waals surface area contributed by atoms with E-state index < -0.39 is 0 Å². The molecule has 0 aromatic heterocycles. The van der Waals surface area contributed by atoms with Crippen molar-refractivity contribution >= 4 is 16.9 Å². The first-order valence-electron chi connectivity index (χ1n) is 4.34. The second-order valence-corrected chi connectivity index (χ2v) is 4.78. The van der Waals surface area contributed by atoms with Crippen LogP contribution in [-0.4, -0.2) is 36.0 Å². The lowest BCUT2D eigenvalue weighted by molar-refractivity contribution is -0.112. The minimum Gasteiger partial charge on any atom is -0.313 e. The Kier molecular flexibility index (Phi) is 4.05. The molecule has 1 aliphatic heterocycles. The molecule has 1 fully saturated rings. The highest BCUT2D eigenvalue weighted by Crippen LogP contribution is 2.12. The zero-order chi connectivity index (χ0) is 8.97. The highest BCUT2D eigenvalue weighted by molar-refractivity contribution is 8.14. The number of carbonyl (C=O) groups is 1. The maximum absolute atomic E-state index is 11.5. The number of carbonyl (C=O) groups excluding carboxylic acids is 1. The Morgan fingerprint density at radius 2 is 2.25 bits per heavy atom. The van der Waals surface area contributed by atoms with Gasteiger partial charge in [-0.25, -0.2) is 0 Å². The van der Waals surface area contributed by atoms with Crippen molar-refractivity contribution in [2.45, 2.75) is 25.1 Å². The second-order valence-electron chi connectivity index (χ2n) is 3.20. The van der Waals surface area contributed by atoms with Crippen LogP contribution in [0, 0.1) is 0 Å². The number of rotatable bonds is 2. The van der Waals surface area contributed by atoms with Crippen LogP contribution in [0.3, 0.4) is 0 Å². The first-order valence-corrected chi connectivity index (χ1v) is 5.22. The van der Waals surface area contributed by atoms with E-state index in [0.717, 1.165) is 19.6 Å². The van der Waals surface area contributed by atoms with Gasteiger partial charge in [-0.05, 0) is 0 Å². The van der Waals surface area contributed by atoms with Crippen LogP contribution in [-0.2, 0) is 4.79 Å². The molecular weight excluding hydrogens is 172 g/mol.